The average molecular weight is 259 g/mol. The Morgan fingerprint density at radius 2 is 2.12 bits per heavy atom. The highest BCUT2D eigenvalue weighted by Gasteiger charge is 2.40. The minimum absolute atomic E-state index is 0.254. The van der Waals surface area contributed by atoms with E-state index >= 15 is 0 Å². The summed E-state index contributed by atoms with van der Waals surface area (Å²) in [7, 11) is -1.34. The summed E-state index contributed by atoms with van der Waals surface area (Å²) in [5.74, 6) is 0. The molecule has 0 aliphatic rings. The zero-order valence-corrected chi connectivity index (χ0v) is 11.9. The first-order chi connectivity index (χ1) is 7.70. The molecule has 17 heavy (non-hydrogen) atoms. The Hall–Kier alpha value is -0.880. The van der Waals surface area contributed by atoms with Crippen molar-refractivity contribution >= 4 is 9.84 Å². The third kappa shape index (κ3) is 2.87. The van der Waals surface area contributed by atoms with Gasteiger partial charge in [-0.1, -0.05) is 6.92 Å². The summed E-state index contributed by atoms with van der Waals surface area (Å²) < 4.78 is 24.6. The van der Waals surface area contributed by atoms with Gasteiger partial charge in [0.2, 0.25) is 0 Å². The molecule has 0 fully saturated rings. The van der Waals surface area contributed by atoms with E-state index in [0.717, 1.165) is 5.56 Å². The van der Waals surface area contributed by atoms with Crippen LogP contribution in [-0.2, 0) is 16.9 Å². The molecule has 0 saturated carbocycles. The fourth-order valence-electron chi connectivity index (χ4n) is 1.77. The lowest BCUT2D eigenvalue weighted by molar-refractivity contribution is 0.428. The predicted molar refractivity (Wildman–Crippen MR) is 68.5 cm³/mol. The van der Waals surface area contributed by atoms with E-state index in [1.54, 1.807) is 24.7 Å². The second-order valence-corrected chi connectivity index (χ2v) is 7.41. The van der Waals surface area contributed by atoms with Gasteiger partial charge in [0.05, 0.1) is 17.0 Å². The standard InChI is InChI=1S/C11H21N3O2S/c1-6-12-10(9-7-13-14(4)8-9)11(2,3)17(5,15)16/h7-8,10,12H,6H2,1-5H3. The van der Waals surface area contributed by atoms with Gasteiger partial charge in [0.15, 0.2) is 9.84 Å². The van der Waals surface area contributed by atoms with E-state index in [1.165, 1.54) is 6.26 Å². The maximum absolute atomic E-state index is 11.9. The normalized spacial score (nSPS) is 14.9. The maximum Gasteiger partial charge on any atom is 0.154 e. The molecule has 1 aromatic rings. The Balaban J connectivity index is 3.18. The second kappa shape index (κ2) is 4.78. The van der Waals surface area contributed by atoms with Crippen LogP contribution in [0.2, 0.25) is 0 Å². The third-order valence-electron chi connectivity index (χ3n) is 3.12. The summed E-state index contributed by atoms with van der Waals surface area (Å²) >= 11 is 0. The zero-order chi connectivity index (χ0) is 13.3. The molecule has 1 unspecified atom stereocenters. The van der Waals surface area contributed by atoms with Crippen molar-refractivity contribution in [2.75, 3.05) is 12.8 Å². The SMILES string of the molecule is CCNC(c1cnn(C)c1)C(C)(C)S(C)(=O)=O. The number of hydrogen-bond donors (Lipinski definition) is 1. The number of aromatic nitrogens is 2. The van der Waals surface area contributed by atoms with E-state index < -0.39 is 14.6 Å². The van der Waals surface area contributed by atoms with Crippen LogP contribution in [0.1, 0.15) is 32.4 Å². The molecule has 5 nitrogen and oxygen atoms in total. The Bertz CT molecular complexity index is 477. The smallest absolute Gasteiger partial charge is 0.154 e. The Kier molecular flexibility index (Phi) is 3.99. The number of nitrogens with zero attached hydrogens (tertiary/aromatic N) is 2. The van der Waals surface area contributed by atoms with Crippen LogP contribution in [0.5, 0.6) is 0 Å². The van der Waals surface area contributed by atoms with Crippen molar-refractivity contribution in [2.45, 2.75) is 31.6 Å². The van der Waals surface area contributed by atoms with E-state index in [1.807, 2.05) is 20.2 Å². The van der Waals surface area contributed by atoms with Crippen molar-refractivity contribution in [1.82, 2.24) is 15.1 Å². The molecule has 1 heterocycles. The van der Waals surface area contributed by atoms with Gasteiger partial charge in [-0.15, -0.1) is 0 Å². The second-order valence-electron chi connectivity index (χ2n) is 4.81. The van der Waals surface area contributed by atoms with Crippen LogP contribution in [0, 0.1) is 0 Å². The number of hydrogen-bond acceptors (Lipinski definition) is 4. The first-order valence-corrected chi connectivity index (χ1v) is 7.50. The lowest BCUT2D eigenvalue weighted by Crippen LogP contribution is -2.44. The monoisotopic (exact) mass is 259 g/mol. The van der Waals surface area contributed by atoms with Crippen LogP contribution in [0.4, 0.5) is 0 Å². The number of rotatable bonds is 5. The van der Waals surface area contributed by atoms with Crippen molar-refractivity contribution in [3.05, 3.63) is 18.0 Å². The molecular formula is C11H21N3O2S. The van der Waals surface area contributed by atoms with Crippen molar-refractivity contribution in [3.8, 4) is 0 Å². The largest absolute Gasteiger partial charge is 0.309 e. The van der Waals surface area contributed by atoms with Gasteiger partial charge in [-0.3, -0.25) is 4.68 Å². The van der Waals surface area contributed by atoms with Crippen LogP contribution < -0.4 is 5.32 Å². The highest BCUT2D eigenvalue weighted by molar-refractivity contribution is 7.92. The minimum atomic E-state index is -3.16. The first kappa shape index (κ1) is 14.2. The average Bonchev–Trinajstić information content (AvgIpc) is 2.58. The fraction of sp³-hybridized carbons (Fsp3) is 0.727. The number of sulfone groups is 1. The van der Waals surface area contributed by atoms with Crippen molar-refractivity contribution in [3.63, 3.8) is 0 Å². The molecule has 0 radical (unpaired) electrons. The van der Waals surface area contributed by atoms with E-state index in [9.17, 15) is 8.42 Å². The minimum Gasteiger partial charge on any atom is -0.309 e. The number of aryl methyl sites for hydroxylation is 1. The quantitative estimate of drug-likeness (QED) is 0.853. The molecule has 6 heteroatoms. The lowest BCUT2D eigenvalue weighted by Gasteiger charge is -2.32. The van der Waals surface area contributed by atoms with Gasteiger partial charge >= 0.3 is 0 Å². The summed E-state index contributed by atoms with van der Waals surface area (Å²) in [5.41, 5.74) is 0.893. The molecule has 1 N–H and O–H groups in total. The van der Waals surface area contributed by atoms with E-state index in [2.05, 4.69) is 10.4 Å². The summed E-state index contributed by atoms with van der Waals surface area (Å²) in [6.07, 6.45) is 4.83. The maximum atomic E-state index is 11.9. The molecular weight excluding hydrogens is 238 g/mol. The van der Waals surface area contributed by atoms with Gasteiger partial charge in [-0.05, 0) is 20.4 Å². The highest BCUT2D eigenvalue weighted by atomic mass is 32.2. The summed E-state index contributed by atoms with van der Waals surface area (Å²) in [6, 6.07) is -0.254. The Labute approximate surface area is 103 Å². The van der Waals surface area contributed by atoms with Gasteiger partial charge in [0.25, 0.3) is 0 Å². The van der Waals surface area contributed by atoms with Crippen LogP contribution in [0.25, 0.3) is 0 Å². The summed E-state index contributed by atoms with van der Waals surface area (Å²) in [6.45, 7) is 6.14. The van der Waals surface area contributed by atoms with Crippen LogP contribution in [0.3, 0.4) is 0 Å². The van der Waals surface area contributed by atoms with Gasteiger partial charge in [0.1, 0.15) is 0 Å². The molecule has 1 aromatic heterocycles. The number of nitrogens with one attached hydrogen (secondary N) is 1. The van der Waals surface area contributed by atoms with Gasteiger partial charge < -0.3 is 5.32 Å². The molecule has 0 saturated heterocycles. The molecule has 0 spiro atoms. The molecule has 98 valence electrons. The van der Waals surface area contributed by atoms with Crippen LogP contribution >= 0.6 is 0 Å². The summed E-state index contributed by atoms with van der Waals surface area (Å²) in [5, 5.41) is 7.32. The van der Waals surface area contributed by atoms with Crippen molar-refractivity contribution in [2.24, 2.45) is 7.05 Å². The molecule has 0 aliphatic heterocycles. The fourth-order valence-corrected chi connectivity index (χ4v) is 2.42. The summed E-state index contributed by atoms with van der Waals surface area (Å²) in [4.78, 5) is 0. The molecule has 1 rings (SSSR count). The molecule has 0 bridgehead atoms. The topological polar surface area (TPSA) is 64.0 Å². The molecule has 0 amide bonds. The van der Waals surface area contributed by atoms with E-state index in [4.69, 9.17) is 0 Å². The van der Waals surface area contributed by atoms with Crippen molar-refractivity contribution in [1.29, 1.82) is 0 Å². The van der Waals surface area contributed by atoms with Crippen molar-refractivity contribution < 1.29 is 8.42 Å². The van der Waals surface area contributed by atoms with E-state index in [-0.39, 0.29) is 6.04 Å². The lowest BCUT2D eigenvalue weighted by atomic mass is 9.98. The highest BCUT2D eigenvalue weighted by Crippen LogP contribution is 2.31. The van der Waals surface area contributed by atoms with Crippen LogP contribution in [-0.4, -0.2) is 35.7 Å². The third-order valence-corrected chi connectivity index (χ3v) is 5.26. The van der Waals surface area contributed by atoms with Gasteiger partial charge in [-0.2, -0.15) is 5.10 Å². The molecule has 0 aromatic carbocycles. The van der Waals surface area contributed by atoms with Crippen LogP contribution in [0.15, 0.2) is 12.4 Å². The molecule has 1 atom stereocenters. The zero-order valence-electron chi connectivity index (χ0n) is 11.1. The van der Waals surface area contributed by atoms with Gasteiger partial charge in [0, 0.05) is 25.1 Å². The van der Waals surface area contributed by atoms with Gasteiger partial charge in [-0.25, -0.2) is 8.42 Å². The first-order valence-electron chi connectivity index (χ1n) is 5.61. The Morgan fingerprint density at radius 3 is 2.47 bits per heavy atom. The Morgan fingerprint density at radius 1 is 1.53 bits per heavy atom. The van der Waals surface area contributed by atoms with E-state index in [0.29, 0.717) is 6.54 Å². The predicted octanol–water partition coefficient (Wildman–Crippen LogP) is 0.894. The molecule has 0 aliphatic carbocycles.